The number of hydrogen-bond acceptors (Lipinski definition) is 5. The Bertz CT molecular complexity index is 1490. The molecule has 0 radical (unpaired) electrons. The van der Waals surface area contributed by atoms with E-state index in [4.69, 9.17) is 10.2 Å². The lowest BCUT2D eigenvalue weighted by Gasteiger charge is -2.21. The molecular weight excluding hydrogens is 433 g/mol. The summed E-state index contributed by atoms with van der Waals surface area (Å²) in [6, 6.07) is 16.7. The van der Waals surface area contributed by atoms with Gasteiger partial charge in [-0.05, 0) is 60.9 Å². The van der Waals surface area contributed by atoms with Crippen LogP contribution in [0.5, 0.6) is 0 Å². The van der Waals surface area contributed by atoms with Crippen molar-refractivity contribution in [2.24, 2.45) is 5.73 Å². The van der Waals surface area contributed by atoms with E-state index in [1.165, 1.54) is 18.2 Å². The molecule has 6 nitrogen and oxygen atoms in total. The molecule has 7 heteroatoms. The number of nitrogens with zero attached hydrogens (tertiary/aromatic N) is 1. The Morgan fingerprint density at radius 3 is 2.65 bits per heavy atom. The molecule has 0 fully saturated rings. The number of anilines is 2. The Morgan fingerprint density at radius 1 is 1.09 bits per heavy atom. The van der Waals surface area contributed by atoms with Gasteiger partial charge in [-0.25, -0.2) is 4.39 Å². The van der Waals surface area contributed by atoms with E-state index in [0.717, 1.165) is 22.3 Å². The highest BCUT2D eigenvalue weighted by molar-refractivity contribution is 5.98. The third-order valence-corrected chi connectivity index (χ3v) is 6.22. The van der Waals surface area contributed by atoms with E-state index in [1.807, 2.05) is 36.9 Å². The van der Waals surface area contributed by atoms with Gasteiger partial charge in [-0.2, -0.15) is 0 Å². The van der Waals surface area contributed by atoms with Gasteiger partial charge in [0.25, 0.3) is 5.91 Å². The van der Waals surface area contributed by atoms with Gasteiger partial charge in [-0.3, -0.25) is 9.59 Å². The molecule has 0 saturated heterocycles. The number of carbonyl (C=O) groups is 1. The SMILES string of the molecule is Cc1cc(C(C)Nc2ccccc2C(N)=O)c2oc(N3Cc4ccc(F)cc4C3)cc(=O)c2c1. The van der Waals surface area contributed by atoms with Gasteiger partial charge in [-0.1, -0.05) is 24.3 Å². The molecule has 0 aliphatic carbocycles. The maximum atomic E-state index is 13.7. The highest BCUT2D eigenvalue weighted by atomic mass is 19.1. The van der Waals surface area contributed by atoms with Crippen LogP contribution in [0, 0.1) is 12.7 Å². The molecular formula is C27H24FN3O3. The molecule has 1 unspecified atom stereocenters. The number of primary amides is 1. The minimum absolute atomic E-state index is 0.145. The molecule has 34 heavy (non-hydrogen) atoms. The molecule has 4 aromatic rings. The number of amides is 1. The zero-order chi connectivity index (χ0) is 24.0. The third-order valence-electron chi connectivity index (χ3n) is 6.22. The largest absolute Gasteiger partial charge is 0.440 e. The standard InChI is InChI=1S/C27H24FN3O3/c1-15-9-21(16(2)30-23-6-4-3-5-20(23)27(29)33)26-22(10-15)24(32)12-25(34-26)31-13-17-7-8-19(28)11-18(17)14-31/h3-12,16,30H,13-14H2,1-2H3,(H2,29,33). The maximum absolute atomic E-state index is 13.7. The lowest BCUT2D eigenvalue weighted by molar-refractivity contribution is 0.100. The van der Waals surface area contributed by atoms with Gasteiger partial charge in [0.15, 0.2) is 5.43 Å². The number of nitrogens with one attached hydrogen (secondary N) is 1. The molecule has 5 rings (SSSR count). The van der Waals surface area contributed by atoms with Crippen molar-refractivity contribution < 1.29 is 13.6 Å². The van der Waals surface area contributed by atoms with Crippen LogP contribution >= 0.6 is 0 Å². The fraction of sp³-hybridized carbons (Fsp3) is 0.185. The molecule has 0 spiro atoms. The van der Waals surface area contributed by atoms with Gasteiger partial charge in [0, 0.05) is 30.4 Å². The summed E-state index contributed by atoms with van der Waals surface area (Å²) in [7, 11) is 0. The van der Waals surface area contributed by atoms with Crippen LogP contribution in [0.15, 0.2) is 69.9 Å². The Kier molecular flexibility index (Phi) is 5.32. The Hall–Kier alpha value is -4.13. The molecule has 3 N–H and O–H groups in total. The van der Waals surface area contributed by atoms with E-state index < -0.39 is 5.91 Å². The predicted octanol–water partition coefficient (Wildman–Crippen LogP) is 5.03. The summed E-state index contributed by atoms with van der Waals surface area (Å²) in [4.78, 5) is 26.9. The van der Waals surface area contributed by atoms with E-state index in [1.54, 1.807) is 24.3 Å². The number of aryl methyl sites for hydroxylation is 1. The summed E-state index contributed by atoms with van der Waals surface area (Å²) in [5.74, 6) is -0.373. The van der Waals surface area contributed by atoms with E-state index >= 15 is 0 Å². The average molecular weight is 458 g/mol. The van der Waals surface area contributed by atoms with Crippen molar-refractivity contribution in [2.75, 3.05) is 10.2 Å². The van der Waals surface area contributed by atoms with E-state index in [9.17, 15) is 14.0 Å². The van der Waals surface area contributed by atoms with E-state index in [2.05, 4.69) is 5.32 Å². The van der Waals surface area contributed by atoms with Crippen LogP contribution in [-0.2, 0) is 13.1 Å². The lowest BCUT2D eigenvalue weighted by atomic mass is 10.0. The topological polar surface area (TPSA) is 88.6 Å². The predicted molar refractivity (Wildman–Crippen MR) is 131 cm³/mol. The molecule has 3 aromatic carbocycles. The summed E-state index contributed by atoms with van der Waals surface area (Å²) < 4.78 is 20.0. The van der Waals surface area contributed by atoms with E-state index in [0.29, 0.717) is 41.2 Å². The first-order valence-electron chi connectivity index (χ1n) is 11.1. The van der Waals surface area contributed by atoms with Gasteiger partial charge in [0.05, 0.1) is 17.0 Å². The summed E-state index contributed by atoms with van der Waals surface area (Å²) >= 11 is 0. The monoisotopic (exact) mass is 457 g/mol. The second-order valence-electron chi connectivity index (χ2n) is 8.72. The molecule has 1 amide bonds. The number of para-hydroxylation sites is 1. The molecule has 0 saturated carbocycles. The van der Waals surface area contributed by atoms with Crippen molar-refractivity contribution in [2.45, 2.75) is 33.0 Å². The van der Waals surface area contributed by atoms with Gasteiger partial charge in [-0.15, -0.1) is 0 Å². The zero-order valence-corrected chi connectivity index (χ0v) is 18.9. The van der Waals surface area contributed by atoms with Crippen molar-refractivity contribution in [1.29, 1.82) is 0 Å². The number of halogens is 1. The number of fused-ring (bicyclic) bond motifs is 2. The van der Waals surface area contributed by atoms with Crippen molar-refractivity contribution >= 4 is 28.4 Å². The normalized spacial score (nSPS) is 13.7. The molecule has 1 aliphatic heterocycles. The minimum atomic E-state index is -0.525. The highest BCUT2D eigenvalue weighted by Crippen LogP contribution is 2.33. The Labute approximate surface area is 195 Å². The minimum Gasteiger partial charge on any atom is -0.440 e. The van der Waals surface area contributed by atoms with Gasteiger partial charge < -0.3 is 20.4 Å². The third kappa shape index (κ3) is 3.90. The maximum Gasteiger partial charge on any atom is 0.250 e. The summed E-state index contributed by atoms with van der Waals surface area (Å²) in [5, 5.41) is 3.82. The van der Waals surface area contributed by atoms with Crippen LogP contribution < -0.4 is 21.4 Å². The second kappa shape index (κ2) is 8.33. The number of hydrogen-bond donors (Lipinski definition) is 2. The Morgan fingerprint density at radius 2 is 1.85 bits per heavy atom. The van der Waals surface area contributed by atoms with Gasteiger partial charge in [0.2, 0.25) is 5.88 Å². The first-order chi connectivity index (χ1) is 16.3. The summed E-state index contributed by atoms with van der Waals surface area (Å²) in [6.07, 6.45) is 0. The Balaban J connectivity index is 1.56. The highest BCUT2D eigenvalue weighted by Gasteiger charge is 2.24. The lowest BCUT2D eigenvalue weighted by Crippen LogP contribution is -2.18. The first-order valence-corrected chi connectivity index (χ1v) is 11.1. The van der Waals surface area contributed by atoms with Crippen molar-refractivity contribution in [3.05, 3.63) is 105 Å². The van der Waals surface area contributed by atoms with Crippen LogP contribution in [-0.4, -0.2) is 5.91 Å². The van der Waals surface area contributed by atoms with Crippen molar-refractivity contribution in [3.8, 4) is 0 Å². The van der Waals surface area contributed by atoms with E-state index in [-0.39, 0.29) is 17.3 Å². The average Bonchev–Trinajstić information content (AvgIpc) is 3.22. The van der Waals surface area contributed by atoms with Crippen LogP contribution in [0.2, 0.25) is 0 Å². The fourth-order valence-corrected chi connectivity index (χ4v) is 4.55. The fourth-order valence-electron chi connectivity index (χ4n) is 4.55. The van der Waals surface area contributed by atoms with Crippen LogP contribution in [0.1, 0.15) is 45.6 Å². The second-order valence-corrected chi connectivity index (χ2v) is 8.72. The van der Waals surface area contributed by atoms with Crippen molar-refractivity contribution in [3.63, 3.8) is 0 Å². The van der Waals surface area contributed by atoms with Crippen molar-refractivity contribution in [1.82, 2.24) is 0 Å². The summed E-state index contributed by atoms with van der Waals surface area (Å²) in [6.45, 7) is 4.85. The number of benzene rings is 3. The number of nitrogens with two attached hydrogens (primary N) is 1. The van der Waals surface area contributed by atoms with Gasteiger partial charge >= 0.3 is 0 Å². The number of carbonyl (C=O) groups excluding carboxylic acids is 1. The summed E-state index contributed by atoms with van der Waals surface area (Å²) in [5.41, 5.74) is 10.4. The molecule has 1 aromatic heterocycles. The molecule has 1 atom stereocenters. The molecule has 0 bridgehead atoms. The first kappa shape index (κ1) is 21.7. The molecule has 172 valence electrons. The van der Waals surface area contributed by atoms with Crippen LogP contribution in [0.3, 0.4) is 0 Å². The van der Waals surface area contributed by atoms with Gasteiger partial charge in [0.1, 0.15) is 11.4 Å². The van der Waals surface area contributed by atoms with Crippen LogP contribution in [0.25, 0.3) is 11.0 Å². The molecule has 2 heterocycles. The zero-order valence-electron chi connectivity index (χ0n) is 18.9. The smallest absolute Gasteiger partial charge is 0.250 e. The van der Waals surface area contributed by atoms with Crippen LogP contribution in [0.4, 0.5) is 16.0 Å². The molecule has 1 aliphatic rings. The quantitative estimate of drug-likeness (QED) is 0.439. The number of rotatable bonds is 5.